The van der Waals surface area contributed by atoms with Crippen LogP contribution in [0.5, 0.6) is 0 Å². The van der Waals surface area contributed by atoms with Crippen molar-refractivity contribution in [3.05, 3.63) is 29.3 Å². The summed E-state index contributed by atoms with van der Waals surface area (Å²) in [6, 6.07) is 1.71. The van der Waals surface area contributed by atoms with Gasteiger partial charge in [-0.15, -0.1) is 0 Å². The zero-order chi connectivity index (χ0) is 17.7. The number of rotatable bonds is 1. The van der Waals surface area contributed by atoms with Crippen LogP contribution in [-0.2, 0) is 21.9 Å². The van der Waals surface area contributed by atoms with Crippen molar-refractivity contribution < 1.29 is 46.1 Å². The maximum absolute atomic E-state index is 12.3. The van der Waals surface area contributed by atoms with Gasteiger partial charge in [-0.05, 0) is 12.1 Å². The summed E-state index contributed by atoms with van der Waals surface area (Å²) in [5.41, 5.74) is -2.65. The minimum Gasteiger partial charge on any atom is -0.473 e. The first kappa shape index (κ1) is 19.5. The normalized spacial score (nSPS) is 11.2. The molecule has 0 saturated carbocycles. The number of halogens is 6. The number of carboxylic acid groups (broad SMARTS) is 2. The van der Waals surface area contributed by atoms with E-state index in [-0.39, 0.29) is 0 Å². The van der Waals surface area contributed by atoms with Crippen molar-refractivity contribution in [1.82, 2.24) is 0 Å². The van der Waals surface area contributed by atoms with E-state index in [1.54, 1.807) is 0 Å². The Labute approximate surface area is 118 Å². The molecule has 0 aliphatic carbocycles. The Morgan fingerprint density at radius 3 is 1.41 bits per heavy atom. The van der Waals surface area contributed by atoms with Crippen LogP contribution in [0.25, 0.3) is 0 Å². The molecule has 0 spiro atoms. The predicted molar refractivity (Wildman–Crippen MR) is 59.5 cm³/mol. The first-order valence-corrected chi connectivity index (χ1v) is 5.02. The van der Waals surface area contributed by atoms with Crippen molar-refractivity contribution in [3.63, 3.8) is 0 Å². The van der Waals surface area contributed by atoms with E-state index in [9.17, 15) is 26.3 Å². The maximum atomic E-state index is 12.3. The molecule has 1 rings (SSSR count). The Morgan fingerprint density at radius 1 is 0.909 bits per heavy atom. The van der Waals surface area contributed by atoms with E-state index in [4.69, 9.17) is 25.6 Å². The average Bonchev–Trinajstić information content (AvgIpc) is 2.36. The van der Waals surface area contributed by atoms with Crippen LogP contribution in [0.3, 0.4) is 0 Å². The maximum Gasteiger partial charge on any atom is 0.418 e. The van der Waals surface area contributed by atoms with Gasteiger partial charge in [0.1, 0.15) is 0 Å². The fourth-order valence-electron chi connectivity index (χ4n) is 1.18. The second-order valence-corrected chi connectivity index (χ2v) is 3.48. The number of hydrazine groups is 1. The van der Waals surface area contributed by atoms with Gasteiger partial charge in [0, 0.05) is 0 Å². The zero-order valence-electron chi connectivity index (χ0n) is 10.3. The van der Waals surface area contributed by atoms with Crippen molar-refractivity contribution in [3.8, 4) is 0 Å². The summed E-state index contributed by atoms with van der Waals surface area (Å²) in [7, 11) is 0. The lowest BCUT2D eigenvalue weighted by Crippen LogP contribution is -2.20. The molecule has 0 radical (unpaired) electrons. The molecule has 124 valence electrons. The smallest absolute Gasteiger partial charge is 0.418 e. The fraction of sp³-hybridized carbons (Fsp3) is 0.200. The molecule has 22 heavy (non-hydrogen) atoms. The summed E-state index contributed by atoms with van der Waals surface area (Å²) in [6.07, 6.45) is -9.80. The molecule has 0 saturated heterocycles. The highest BCUT2D eigenvalue weighted by atomic mass is 19.4. The molecular formula is C10H8F6N2O4. The first-order chi connectivity index (χ1) is 9.82. The van der Waals surface area contributed by atoms with Crippen LogP contribution in [0.15, 0.2) is 18.2 Å². The number of nitrogens with two attached hydrogens (primary N) is 1. The molecule has 0 bridgehead atoms. The van der Waals surface area contributed by atoms with Crippen LogP contribution in [-0.4, -0.2) is 22.2 Å². The molecule has 0 heterocycles. The van der Waals surface area contributed by atoms with Gasteiger partial charge in [0.25, 0.3) is 0 Å². The Balaban J connectivity index is 0.000000626. The van der Waals surface area contributed by atoms with Gasteiger partial charge in [0.2, 0.25) is 0 Å². The van der Waals surface area contributed by atoms with Gasteiger partial charge < -0.3 is 15.6 Å². The van der Waals surface area contributed by atoms with Crippen LogP contribution < -0.4 is 11.3 Å². The number of nitrogens with one attached hydrogen (secondary N) is 1. The lowest BCUT2D eigenvalue weighted by atomic mass is 10.1. The second kappa shape index (κ2) is 6.98. The molecule has 0 aromatic heterocycles. The molecule has 0 atom stereocenters. The number of carboxylic acids is 2. The second-order valence-electron chi connectivity index (χ2n) is 3.48. The number of benzene rings is 1. The molecule has 1 aromatic rings. The summed E-state index contributed by atoms with van der Waals surface area (Å²) in [4.78, 5) is 18.2. The predicted octanol–water partition coefficient (Wildman–Crippen LogP) is 2.17. The van der Waals surface area contributed by atoms with E-state index in [1.165, 1.54) is 5.43 Å². The minimum absolute atomic E-state index is 0.518. The van der Waals surface area contributed by atoms with Gasteiger partial charge in [-0.3, -0.25) is 5.84 Å². The van der Waals surface area contributed by atoms with E-state index in [1.807, 2.05) is 0 Å². The third-order valence-corrected chi connectivity index (χ3v) is 2.00. The number of hydrogen-bond acceptors (Lipinski definition) is 4. The quantitative estimate of drug-likeness (QED) is 0.271. The van der Waals surface area contributed by atoms with E-state index in [0.29, 0.717) is 18.2 Å². The van der Waals surface area contributed by atoms with Crippen molar-refractivity contribution in [2.24, 2.45) is 5.84 Å². The molecule has 0 fully saturated rings. The number of anilines is 1. The molecule has 0 aliphatic rings. The Kier molecular flexibility index (Phi) is 6.18. The van der Waals surface area contributed by atoms with Crippen molar-refractivity contribution in [1.29, 1.82) is 0 Å². The highest BCUT2D eigenvalue weighted by Gasteiger charge is 2.40. The molecule has 1 aromatic carbocycles. The van der Waals surface area contributed by atoms with Crippen molar-refractivity contribution in [2.45, 2.75) is 12.4 Å². The number of carbonyl (C=O) groups is 2. The Bertz CT molecular complexity index is 511. The van der Waals surface area contributed by atoms with Gasteiger partial charge in [0.15, 0.2) is 0 Å². The van der Waals surface area contributed by atoms with Gasteiger partial charge in [0.05, 0.1) is 16.8 Å². The SMILES string of the molecule is NNc1c(C(F)(F)F)cccc1C(F)(F)F.O=C(O)C(=O)O. The fourth-order valence-corrected chi connectivity index (χ4v) is 1.18. The van der Waals surface area contributed by atoms with Crippen LogP contribution >= 0.6 is 0 Å². The van der Waals surface area contributed by atoms with Crippen LogP contribution in [0.2, 0.25) is 0 Å². The highest BCUT2D eigenvalue weighted by Crippen LogP contribution is 2.41. The molecular weight excluding hydrogens is 326 g/mol. The molecule has 12 heteroatoms. The van der Waals surface area contributed by atoms with E-state index in [2.05, 4.69) is 0 Å². The van der Waals surface area contributed by atoms with Gasteiger partial charge >= 0.3 is 24.3 Å². The topological polar surface area (TPSA) is 113 Å². The lowest BCUT2D eigenvalue weighted by molar-refractivity contribution is -0.159. The highest BCUT2D eigenvalue weighted by molar-refractivity contribution is 6.27. The molecule has 0 amide bonds. The van der Waals surface area contributed by atoms with Gasteiger partial charge in [-0.2, -0.15) is 26.3 Å². The number of aliphatic carboxylic acids is 2. The summed E-state index contributed by atoms with van der Waals surface area (Å²) in [6.45, 7) is 0. The monoisotopic (exact) mass is 334 g/mol. The number of alkyl halides is 6. The standard InChI is InChI=1S/C8H6F6N2.C2H2O4/c9-7(10,11)4-2-1-3-5(6(4)16-15)8(12,13)14;3-1(4)2(5)6/h1-3,16H,15H2;(H,3,4)(H,5,6). The third-order valence-electron chi connectivity index (χ3n) is 2.00. The third kappa shape index (κ3) is 5.47. The molecule has 6 nitrogen and oxygen atoms in total. The zero-order valence-corrected chi connectivity index (χ0v) is 10.3. The first-order valence-electron chi connectivity index (χ1n) is 5.02. The summed E-state index contributed by atoms with van der Waals surface area (Å²) in [5, 5.41) is 14.8. The van der Waals surface area contributed by atoms with Crippen LogP contribution in [0, 0.1) is 0 Å². The van der Waals surface area contributed by atoms with Gasteiger partial charge in [-0.1, -0.05) is 6.07 Å². The van der Waals surface area contributed by atoms with Crippen molar-refractivity contribution >= 4 is 17.6 Å². The largest absolute Gasteiger partial charge is 0.473 e. The summed E-state index contributed by atoms with van der Waals surface area (Å²) in [5.74, 6) is 1.05. The van der Waals surface area contributed by atoms with Crippen molar-refractivity contribution in [2.75, 3.05) is 5.43 Å². The van der Waals surface area contributed by atoms with E-state index >= 15 is 0 Å². The number of para-hydroxylation sites is 1. The Morgan fingerprint density at radius 2 is 1.23 bits per heavy atom. The molecule has 0 unspecified atom stereocenters. The minimum atomic E-state index is -4.90. The molecule has 5 N–H and O–H groups in total. The summed E-state index contributed by atoms with van der Waals surface area (Å²) >= 11 is 0. The summed E-state index contributed by atoms with van der Waals surface area (Å²) < 4.78 is 74.0. The van der Waals surface area contributed by atoms with E-state index < -0.39 is 41.1 Å². The number of nitrogen functional groups attached to an aromatic ring is 1. The van der Waals surface area contributed by atoms with Crippen LogP contribution in [0.4, 0.5) is 32.0 Å². The number of hydrogen-bond donors (Lipinski definition) is 4. The molecule has 0 aliphatic heterocycles. The average molecular weight is 334 g/mol. The lowest BCUT2D eigenvalue weighted by Gasteiger charge is -2.17. The Hall–Kier alpha value is -2.50. The van der Waals surface area contributed by atoms with E-state index in [0.717, 1.165) is 0 Å². The van der Waals surface area contributed by atoms with Gasteiger partial charge in [-0.25, -0.2) is 9.59 Å². The van der Waals surface area contributed by atoms with Crippen LogP contribution in [0.1, 0.15) is 11.1 Å².